The van der Waals surface area contributed by atoms with Crippen LogP contribution in [0.5, 0.6) is 0 Å². The minimum atomic E-state index is -0.965. The molecule has 8 nitrogen and oxygen atoms in total. The second kappa shape index (κ2) is 13.2. The van der Waals surface area contributed by atoms with Gasteiger partial charge in [-0.3, -0.25) is 9.59 Å². The molecule has 1 fully saturated rings. The summed E-state index contributed by atoms with van der Waals surface area (Å²) in [5.74, 6) is -1.71. The molecule has 1 heterocycles. The first-order chi connectivity index (χ1) is 19.1. The summed E-state index contributed by atoms with van der Waals surface area (Å²) < 4.78 is 0. The maximum Gasteiger partial charge on any atom is 0.335 e. The number of nitrogens with zero attached hydrogens (tertiary/aromatic N) is 3. The van der Waals surface area contributed by atoms with Crippen molar-refractivity contribution in [2.24, 2.45) is 5.73 Å². The molecular formula is C30H32Cl2N4O4. The number of rotatable bonds is 11. The Morgan fingerprint density at radius 3 is 2.05 bits per heavy atom. The Labute approximate surface area is 243 Å². The number of carboxylic acids is 1. The van der Waals surface area contributed by atoms with Gasteiger partial charge in [-0.2, -0.15) is 0 Å². The smallest absolute Gasteiger partial charge is 0.335 e. The average Bonchev–Trinajstić information content (AvgIpc) is 3.46. The molecule has 3 aromatic rings. The second-order valence-electron chi connectivity index (χ2n) is 9.95. The number of benzene rings is 3. The lowest BCUT2D eigenvalue weighted by Crippen LogP contribution is -2.45. The molecule has 0 radical (unpaired) electrons. The van der Waals surface area contributed by atoms with Crippen molar-refractivity contribution in [1.82, 2.24) is 9.80 Å². The number of nitrogens with two attached hydrogens (primary N) is 1. The van der Waals surface area contributed by atoms with Crippen molar-refractivity contribution < 1.29 is 19.5 Å². The maximum atomic E-state index is 13.6. The lowest BCUT2D eigenvalue weighted by molar-refractivity contribution is -0.131. The van der Waals surface area contributed by atoms with Gasteiger partial charge in [0, 0.05) is 19.3 Å². The minimum absolute atomic E-state index is 0.0675. The number of halogens is 2. The number of aromatic carboxylic acids is 1. The molecule has 3 aromatic carbocycles. The fourth-order valence-electron chi connectivity index (χ4n) is 4.92. The Kier molecular flexibility index (Phi) is 9.68. The Balaban J connectivity index is 1.57. The molecule has 2 amide bonds. The van der Waals surface area contributed by atoms with Gasteiger partial charge in [0.05, 0.1) is 34.7 Å². The van der Waals surface area contributed by atoms with Gasteiger partial charge in [-0.05, 0) is 73.0 Å². The van der Waals surface area contributed by atoms with E-state index in [-0.39, 0.29) is 30.6 Å². The van der Waals surface area contributed by atoms with Crippen LogP contribution in [0.4, 0.5) is 5.69 Å². The summed E-state index contributed by atoms with van der Waals surface area (Å²) in [5, 5.41) is 9.86. The number of hydrogen-bond acceptors (Lipinski definition) is 5. The summed E-state index contributed by atoms with van der Waals surface area (Å²) in [5.41, 5.74) is 9.13. The van der Waals surface area contributed by atoms with Crippen molar-refractivity contribution in [2.75, 3.05) is 44.7 Å². The first kappa shape index (κ1) is 29.4. The Morgan fingerprint density at radius 2 is 1.50 bits per heavy atom. The SMILES string of the molecule is CN(C(=O)CN(CC(N)=O)c1ccc(Cl)c(Cl)c1)C(CN1CCCC1)c1ccc(-c2ccc(C(=O)O)cc2)cc1. The van der Waals surface area contributed by atoms with E-state index in [1.54, 1.807) is 59.3 Å². The van der Waals surface area contributed by atoms with Crippen LogP contribution >= 0.6 is 23.2 Å². The molecule has 210 valence electrons. The number of hydrogen-bond donors (Lipinski definition) is 2. The van der Waals surface area contributed by atoms with Crippen LogP contribution in [0.15, 0.2) is 66.7 Å². The lowest BCUT2D eigenvalue weighted by atomic mass is 9.99. The van der Waals surface area contributed by atoms with Crippen LogP contribution in [-0.2, 0) is 9.59 Å². The number of carbonyl (C=O) groups excluding carboxylic acids is 2. The molecule has 1 aliphatic rings. The molecule has 40 heavy (non-hydrogen) atoms. The van der Waals surface area contributed by atoms with Gasteiger partial charge in [0.25, 0.3) is 0 Å². The van der Waals surface area contributed by atoms with Crippen LogP contribution < -0.4 is 10.6 Å². The molecule has 1 saturated heterocycles. The van der Waals surface area contributed by atoms with Crippen molar-refractivity contribution in [3.63, 3.8) is 0 Å². The van der Waals surface area contributed by atoms with Crippen molar-refractivity contribution in [2.45, 2.75) is 18.9 Å². The van der Waals surface area contributed by atoms with Crippen LogP contribution in [0.2, 0.25) is 10.0 Å². The van der Waals surface area contributed by atoms with Gasteiger partial charge in [-0.25, -0.2) is 4.79 Å². The molecule has 0 aromatic heterocycles. The largest absolute Gasteiger partial charge is 0.478 e. The van der Waals surface area contributed by atoms with E-state index >= 15 is 0 Å². The van der Waals surface area contributed by atoms with Crippen molar-refractivity contribution in [1.29, 1.82) is 0 Å². The highest BCUT2D eigenvalue weighted by Gasteiger charge is 2.27. The fraction of sp³-hybridized carbons (Fsp3) is 0.300. The van der Waals surface area contributed by atoms with Crippen LogP contribution in [-0.4, -0.2) is 72.5 Å². The van der Waals surface area contributed by atoms with Crippen LogP contribution in [0.1, 0.15) is 34.8 Å². The van der Waals surface area contributed by atoms with E-state index in [0.29, 0.717) is 22.3 Å². The standard InChI is InChI=1S/C30H32Cl2N4O4/c1-34(29(38)19-36(18-28(33)37)24-12-13-25(31)26(32)16-24)27(17-35-14-2-3-15-35)22-8-4-20(5-9-22)21-6-10-23(11-7-21)30(39)40/h4-13,16,27H,2-3,14-15,17-19H2,1H3,(H2,33,37)(H,39,40). The molecule has 1 unspecified atom stereocenters. The van der Waals surface area contributed by atoms with Crippen LogP contribution in [0.25, 0.3) is 11.1 Å². The van der Waals surface area contributed by atoms with Gasteiger partial charge < -0.3 is 25.5 Å². The third-order valence-electron chi connectivity index (χ3n) is 7.19. The van der Waals surface area contributed by atoms with Gasteiger partial charge in [0.15, 0.2) is 0 Å². The van der Waals surface area contributed by atoms with Gasteiger partial charge >= 0.3 is 5.97 Å². The van der Waals surface area contributed by atoms with Gasteiger partial charge in [-0.1, -0.05) is 59.6 Å². The van der Waals surface area contributed by atoms with Crippen molar-refractivity contribution in [3.05, 3.63) is 87.9 Å². The first-order valence-electron chi connectivity index (χ1n) is 13.0. The van der Waals surface area contributed by atoms with E-state index in [1.807, 2.05) is 24.3 Å². The van der Waals surface area contributed by atoms with E-state index in [9.17, 15) is 14.4 Å². The summed E-state index contributed by atoms with van der Waals surface area (Å²) >= 11 is 12.3. The van der Waals surface area contributed by atoms with E-state index in [0.717, 1.165) is 42.6 Å². The van der Waals surface area contributed by atoms with E-state index in [4.69, 9.17) is 34.0 Å². The van der Waals surface area contributed by atoms with E-state index in [1.165, 1.54) is 0 Å². The highest BCUT2D eigenvalue weighted by molar-refractivity contribution is 6.42. The second-order valence-corrected chi connectivity index (χ2v) is 10.8. The average molecular weight is 584 g/mol. The summed E-state index contributed by atoms with van der Waals surface area (Å²) in [4.78, 5) is 42.3. The number of likely N-dealkylation sites (N-methyl/N-ethyl adjacent to an activating group) is 1. The molecule has 10 heteroatoms. The zero-order chi connectivity index (χ0) is 28.8. The normalized spacial score (nSPS) is 14.1. The molecule has 0 spiro atoms. The summed E-state index contributed by atoms with van der Waals surface area (Å²) in [6.45, 7) is 2.41. The molecule has 1 atom stereocenters. The number of primary amides is 1. The number of likely N-dealkylation sites (tertiary alicyclic amines) is 1. The number of anilines is 1. The van der Waals surface area contributed by atoms with Gasteiger partial charge in [-0.15, -0.1) is 0 Å². The third-order valence-corrected chi connectivity index (χ3v) is 7.93. The summed E-state index contributed by atoms with van der Waals surface area (Å²) in [6, 6.07) is 19.4. The Bertz CT molecular complexity index is 1360. The zero-order valence-corrected chi connectivity index (χ0v) is 23.7. The van der Waals surface area contributed by atoms with Gasteiger partial charge in [0.1, 0.15) is 0 Å². The molecule has 0 bridgehead atoms. The predicted octanol–water partition coefficient (Wildman–Crippen LogP) is 4.95. The monoisotopic (exact) mass is 582 g/mol. The molecule has 1 aliphatic heterocycles. The molecule has 3 N–H and O–H groups in total. The summed E-state index contributed by atoms with van der Waals surface area (Å²) in [6.07, 6.45) is 2.25. The van der Waals surface area contributed by atoms with Crippen molar-refractivity contribution in [3.8, 4) is 11.1 Å². The predicted molar refractivity (Wildman–Crippen MR) is 158 cm³/mol. The zero-order valence-electron chi connectivity index (χ0n) is 22.2. The van der Waals surface area contributed by atoms with E-state index < -0.39 is 11.9 Å². The topological polar surface area (TPSA) is 107 Å². The van der Waals surface area contributed by atoms with E-state index in [2.05, 4.69) is 4.90 Å². The van der Waals surface area contributed by atoms with Crippen LogP contribution in [0.3, 0.4) is 0 Å². The first-order valence-corrected chi connectivity index (χ1v) is 13.8. The lowest BCUT2D eigenvalue weighted by Gasteiger charge is -2.34. The van der Waals surface area contributed by atoms with Crippen LogP contribution in [0, 0.1) is 0 Å². The molecule has 0 aliphatic carbocycles. The molecular weight excluding hydrogens is 551 g/mol. The quantitative estimate of drug-likeness (QED) is 0.331. The fourth-order valence-corrected chi connectivity index (χ4v) is 5.21. The third kappa shape index (κ3) is 7.33. The Hall–Kier alpha value is -3.59. The highest BCUT2D eigenvalue weighted by atomic mass is 35.5. The maximum absolute atomic E-state index is 13.6. The molecule has 4 rings (SSSR count). The summed E-state index contributed by atoms with van der Waals surface area (Å²) in [7, 11) is 1.78. The number of carboxylic acid groups (broad SMARTS) is 1. The highest BCUT2D eigenvalue weighted by Crippen LogP contribution is 2.29. The number of carbonyl (C=O) groups is 3. The van der Waals surface area contributed by atoms with Crippen molar-refractivity contribution >= 4 is 46.7 Å². The number of amides is 2. The molecule has 0 saturated carbocycles. The Morgan fingerprint density at radius 1 is 0.900 bits per heavy atom. The minimum Gasteiger partial charge on any atom is -0.478 e. The van der Waals surface area contributed by atoms with Gasteiger partial charge in [0.2, 0.25) is 11.8 Å².